The molecule has 0 amide bonds. The third-order valence-corrected chi connectivity index (χ3v) is 3.10. The molecule has 4 heteroatoms. The summed E-state index contributed by atoms with van der Waals surface area (Å²) in [6.07, 6.45) is 2.59. The van der Waals surface area contributed by atoms with Gasteiger partial charge in [0.25, 0.3) is 0 Å². The molecule has 0 aromatic heterocycles. The van der Waals surface area contributed by atoms with Crippen LogP contribution in [0.2, 0.25) is 0 Å². The summed E-state index contributed by atoms with van der Waals surface area (Å²) in [6, 6.07) is 7.98. The Morgan fingerprint density at radius 1 is 1.41 bits per heavy atom. The zero-order valence-corrected chi connectivity index (χ0v) is 10.8. The molecule has 0 spiro atoms. The molecule has 1 aliphatic heterocycles. The molecule has 1 heterocycles. The molecule has 1 atom stereocenters. The molecular weight excluding hydrogens is 236 g/mol. The maximum atomic E-state index is 9.04. The smallest absolute Gasteiger partial charge is 0.0682 e. The van der Waals surface area contributed by atoms with Gasteiger partial charge >= 0.3 is 0 Å². The number of rotatable bonds is 4. The van der Waals surface area contributed by atoms with Crippen LogP contribution in [0.5, 0.6) is 0 Å². The quantitative estimate of drug-likeness (QED) is 0.772. The van der Waals surface area contributed by atoms with Crippen molar-refractivity contribution < 1.29 is 5.11 Å². The number of benzene rings is 1. The Balaban J connectivity index is 0.00000144. The summed E-state index contributed by atoms with van der Waals surface area (Å²) in [4.78, 5) is 0. The fraction of sp³-hybridized carbons (Fsp3) is 0.538. The van der Waals surface area contributed by atoms with Gasteiger partial charge in [-0.15, -0.1) is 12.4 Å². The lowest BCUT2D eigenvalue weighted by Crippen LogP contribution is -2.33. The molecule has 1 fully saturated rings. The van der Waals surface area contributed by atoms with Crippen molar-refractivity contribution in [3.05, 3.63) is 29.8 Å². The fourth-order valence-electron chi connectivity index (χ4n) is 2.14. The molecule has 1 saturated heterocycles. The van der Waals surface area contributed by atoms with Crippen LogP contribution in [0.15, 0.2) is 24.3 Å². The van der Waals surface area contributed by atoms with E-state index in [2.05, 4.69) is 16.7 Å². The molecule has 0 bridgehead atoms. The zero-order valence-electron chi connectivity index (χ0n) is 9.98. The maximum Gasteiger partial charge on any atom is 0.0682 e. The van der Waals surface area contributed by atoms with Gasteiger partial charge in [0, 0.05) is 12.2 Å². The number of aliphatic hydroxyl groups is 1. The number of halogens is 1. The summed E-state index contributed by atoms with van der Waals surface area (Å²) < 4.78 is 0. The van der Waals surface area contributed by atoms with Crippen LogP contribution in [-0.4, -0.2) is 24.7 Å². The van der Waals surface area contributed by atoms with E-state index in [0.717, 1.165) is 36.8 Å². The van der Waals surface area contributed by atoms with E-state index in [1.165, 1.54) is 12.8 Å². The monoisotopic (exact) mass is 256 g/mol. The van der Waals surface area contributed by atoms with Gasteiger partial charge in [0.2, 0.25) is 0 Å². The Hall–Kier alpha value is -0.770. The summed E-state index contributed by atoms with van der Waals surface area (Å²) >= 11 is 0. The van der Waals surface area contributed by atoms with Crippen LogP contribution in [0.4, 0.5) is 5.69 Å². The molecular formula is C13H21ClN2O. The van der Waals surface area contributed by atoms with Gasteiger partial charge in [-0.3, -0.25) is 0 Å². The number of hydrogen-bond donors (Lipinski definition) is 3. The molecule has 3 N–H and O–H groups in total. The third kappa shape index (κ3) is 4.54. The van der Waals surface area contributed by atoms with Crippen molar-refractivity contribution in [1.29, 1.82) is 0 Å². The van der Waals surface area contributed by atoms with Gasteiger partial charge in [0.15, 0.2) is 0 Å². The summed E-state index contributed by atoms with van der Waals surface area (Å²) in [5.74, 6) is 0.728. The third-order valence-electron chi connectivity index (χ3n) is 3.10. The van der Waals surface area contributed by atoms with E-state index in [1.54, 1.807) is 0 Å². The summed E-state index contributed by atoms with van der Waals surface area (Å²) in [7, 11) is 0. The van der Waals surface area contributed by atoms with E-state index >= 15 is 0 Å². The van der Waals surface area contributed by atoms with Crippen LogP contribution >= 0.6 is 12.4 Å². The first kappa shape index (κ1) is 14.3. The lowest BCUT2D eigenvalue weighted by molar-refractivity contribution is 0.282. The highest BCUT2D eigenvalue weighted by Gasteiger charge is 2.12. The normalized spacial score (nSPS) is 19.5. The summed E-state index contributed by atoms with van der Waals surface area (Å²) in [5.41, 5.74) is 2.07. The topological polar surface area (TPSA) is 44.3 Å². The molecule has 0 saturated carbocycles. The van der Waals surface area contributed by atoms with E-state index in [4.69, 9.17) is 5.11 Å². The highest BCUT2D eigenvalue weighted by Crippen LogP contribution is 2.14. The van der Waals surface area contributed by atoms with Crippen molar-refractivity contribution >= 4 is 18.1 Å². The predicted octanol–water partition coefficient (Wildman–Crippen LogP) is 2.01. The Labute approximate surface area is 109 Å². The lowest BCUT2D eigenvalue weighted by Gasteiger charge is -2.23. The summed E-state index contributed by atoms with van der Waals surface area (Å²) in [5, 5.41) is 15.9. The van der Waals surface area contributed by atoms with Crippen molar-refractivity contribution in [2.45, 2.75) is 19.4 Å². The van der Waals surface area contributed by atoms with Gasteiger partial charge in [-0.1, -0.05) is 12.1 Å². The second-order valence-electron chi connectivity index (χ2n) is 4.45. The Morgan fingerprint density at radius 3 is 3.00 bits per heavy atom. The second kappa shape index (κ2) is 7.54. The van der Waals surface area contributed by atoms with Crippen LogP contribution in [0, 0.1) is 5.92 Å². The minimum absolute atomic E-state index is 0. The van der Waals surface area contributed by atoms with Crippen LogP contribution in [0.1, 0.15) is 18.4 Å². The average Bonchev–Trinajstić information content (AvgIpc) is 2.38. The first-order valence-electron chi connectivity index (χ1n) is 6.03. The standard InChI is InChI=1S/C13H20N2O.ClH/c16-10-11-3-1-5-13(7-11)15-9-12-4-2-6-14-8-12;/h1,3,5,7,12,14-16H,2,4,6,8-10H2;1H. The molecule has 0 radical (unpaired) electrons. The number of piperidine rings is 1. The molecule has 1 aliphatic rings. The van der Waals surface area contributed by atoms with Crippen molar-refractivity contribution in [2.24, 2.45) is 5.92 Å². The minimum Gasteiger partial charge on any atom is -0.392 e. The highest BCUT2D eigenvalue weighted by atomic mass is 35.5. The first-order chi connectivity index (χ1) is 7.88. The lowest BCUT2D eigenvalue weighted by atomic mass is 9.99. The van der Waals surface area contributed by atoms with Gasteiger partial charge in [-0.2, -0.15) is 0 Å². The Bertz CT molecular complexity index is 327. The van der Waals surface area contributed by atoms with Crippen molar-refractivity contribution in [2.75, 3.05) is 25.0 Å². The second-order valence-corrected chi connectivity index (χ2v) is 4.45. The van der Waals surface area contributed by atoms with Crippen LogP contribution in [0.3, 0.4) is 0 Å². The molecule has 96 valence electrons. The minimum atomic E-state index is 0. The van der Waals surface area contributed by atoms with Gasteiger partial charge in [-0.05, 0) is 49.5 Å². The maximum absolute atomic E-state index is 9.04. The first-order valence-corrected chi connectivity index (χ1v) is 6.03. The van der Waals surface area contributed by atoms with Crippen molar-refractivity contribution in [3.8, 4) is 0 Å². The Kier molecular flexibility index (Phi) is 6.34. The molecule has 2 rings (SSSR count). The van der Waals surface area contributed by atoms with E-state index in [1.807, 2.05) is 18.2 Å². The molecule has 1 aromatic carbocycles. The van der Waals surface area contributed by atoms with Crippen LogP contribution in [0.25, 0.3) is 0 Å². The van der Waals surface area contributed by atoms with Gasteiger partial charge in [-0.25, -0.2) is 0 Å². The van der Waals surface area contributed by atoms with E-state index in [9.17, 15) is 0 Å². The van der Waals surface area contributed by atoms with Crippen LogP contribution < -0.4 is 10.6 Å². The summed E-state index contributed by atoms with van der Waals surface area (Å²) in [6.45, 7) is 3.41. The largest absolute Gasteiger partial charge is 0.392 e. The van der Waals surface area contributed by atoms with E-state index < -0.39 is 0 Å². The van der Waals surface area contributed by atoms with Gasteiger partial charge in [0.05, 0.1) is 6.61 Å². The molecule has 1 aromatic rings. The number of nitrogens with one attached hydrogen (secondary N) is 2. The Morgan fingerprint density at radius 2 is 2.29 bits per heavy atom. The number of aliphatic hydroxyl groups excluding tert-OH is 1. The average molecular weight is 257 g/mol. The highest BCUT2D eigenvalue weighted by molar-refractivity contribution is 5.85. The number of hydrogen-bond acceptors (Lipinski definition) is 3. The SMILES string of the molecule is Cl.OCc1cccc(NCC2CCCNC2)c1. The molecule has 17 heavy (non-hydrogen) atoms. The van der Waals surface area contributed by atoms with Crippen molar-refractivity contribution in [3.63, 3.8) is 0 Å². The van der Waals surface area contributed by atoms with Crippen LogP contribution in [-0.2, 0) is 6.61 Å². The van der Waals surface area contributed by atoms with Gasteiger partial charge in [0.1, 0.15) is 0 Å². The zero-order chi connectivity index (χ0) is 11.2. The molecule has 3 nitrogen and oxygen atoms in total. The van der Waals surface area contributed by atoms with Gasteiger partial charge < -0.3 is 15.7 Å². The van der Waals surface area contributed by atoms with Crippen molar-refractivity contribution in [1.82, 2.24) is 5.32 Å². The van der Waals surface area contributed by atoms with E-state index in [0.29, 0.717) is 0 Å². The molecule has 0 aliphatic carbocycles. The fourth-order valence-corrected chi connectivity index (χ4v) is 2.14. The predicted molar refractivity (Wildman–Crippen MR) is 73.7 cm³/mol. The van der Waals surface area contributed by atoms with E-state index in [-0.39, 0.29) is 19.0 Å². The molecule has 1 unspecified atom stereocenters. The number of anilines is 1.